The third-order valence-electron chi connectivity index (χ3n) is 4.66. The van der Waals surface area contributed by atoms with Gasteiger partial charge in [0.2, 0.25) is 5.91 Å². The minimum atomic E-state index is -0.426. The van der Waals surface area contributed by atoms with Gasteiger partial charge in [-0.25, -0.2) is 0 Å². The molecule has 2 unspecified atom stereocenters. The second-order valence-corrected chi connectivity index (χ2v) is 6.49. The SMILES string of the molecule is Cc1cnn(CC2CN(C(=O)C(N)C3CCOCC3)CCO2)c1. The van der Waals surface area contributed by atoms with Crippen molar-refractivity contribution >= 4 is 5.91 Å². The van der Waals surface area contributed by atoms with E-state index in [1.807, 2.05) is 28.9 Å². The zero-order chi connectivity index (χ0) is 16.2. The number of ether oxygens (including phenoxy) is 2. The lowest BCUT2D eigenvalue weighted by molar-refractivity contribution is -0.142. The molecule has 0 bridgehead atoms. The maximum Gasteiger partial charge on any atom is 0.239 e. The van der Waals surface area contributed by atoms with Crippen molar-refractivity contribution in [3.63, 3.8) is 0 Å². The number of amides is 1. The zero-order valence-corrected chi connectivity index (χ0v) is 13.7. The Kier molecular flexibility index (Phi) is 5.30. The predicted octanol–water partition coefficient (Wildman–Crippen LogP) is 0.173. The Balaban J connectivity index is 1.55. The van der Waals surface area contributed by atoms with Crippen LogP contribution in [0.3, 0.4) is 0 Å². The van der Waals surface area contributed by atoms with E-state index in [1.165, 1.54) is 0 Å². The summed E-state index contributed by atoms with van der Waals surface area (Å²) in [6.07, 6.45) is 5.51. The lowest BCUT2D eigenvalue weighted by Gasteiger charge is -2.36. The molecule has 2 saturated heterocycles. The molecular formula is C16H26N4O3. The molecule has 3 heterocycles. The van der Waals surface area contributed by atoms with Crippen molar-refractivity contribution in [2.24, 2.45) is 11.7 Å². The standard InChI is InChI=1S/C16H26N4O3/c1-12-8-18-20(9-12)11-14-10-19(4-7-23-14)16(21)15(17)13-2-5-22-6-3-13/h8-9,13-15H,2-7,10-11,17H2,1H3. The van der Waals surface area contributed by atoms with Crippen molar-refractivity contribution in [1.82, 2.24) is 14.7 Å². The van der Waals surface area contributed by atoms with Crippen LogP contribution in [0.1, 0.15) is 18.4 Å². The summed E-state index contributed by atoms with van der Waals surface area (Å²) in [4.78, 5) is 14.5. The van der Waals surface area contributed by atoms with Crippen LogP contribution in [0.2, 0.25) is 0 Å². The van der Waals surface area contributed by atoms with E-state index in [1.54, 1.807) is 0 Å². The number of nitrogens with zero attached hydrogens (tertiary/aromatic N) is 3. The molecule has 0 radical (unpaired) electrons. The lowest BCUT2D eigenvalue weighted by Crippen LogP contribution is -2.54. The first-order valence-corrected chi connectivity index (χ1v) is 8.36. The Morgan fingerprint density at radius 1 is 1.43 bits per heavy atom. The largest absolute Gasteiger partial charge is 0.381 e. The molecule has 1 aromatic heterocycles. The van der Waals surface area contributed by atoms with Gasteiger partial charge in [0.25, 0.3) is 0 Å². The molecule has 1 amide bonds. The summed E-state index contributed by atoms with van der Waals surface area (Å²) in [5, 5.41) is 4.28. The highest BCUT2D eigenvalue weighted by molar-refractivity contribution is 5.82. The van der Waals surface area contributed by atoms with E-state index in [2.05, 4.69) is 5.10 Å². The fraction of sp³-hybridized carbons (Fsp3) is 0.750. The van der Waals surface area contributed by atoms with Crippen LogP contribution in [0.5, 0.6) is 0 Å². The molecule has 3 rings (SSSR count). The third kappa shape index (κ3) is 4.10. The minimum Gasteiger partial charge on any atom is -0.381 e. The van der Waals surface area contributed by atoms with Crippen LogP contribution in [0.4, 0.5) is 0 Å². The zero-order valence-electron chi connectivity index (χ0n) is 13.7. The van der Waals surface area contributed by atoms with E-state index in [0.29, 0.717) is 39.5 Å². The van der Waals surface area contributed by atoms with Crippen LogP contribution in [0.15, 0.2) is 12.4 Å². The van der Waals surface area contributed by atoms with Crippen LogP contribution >= 0.6 is 0 Å². The Labute approximate surface area is 136 Å². The first-order chi connectivity index (χ1) is 11.1. The molecule has 0 aromatic carbocycles. The number of morpholine rings is 1. The van der Waals surface area contributed by atoms with Crippen LogP contribution < -0.4 is 5.73 Å². The molecule has 23 heavy (non-hydrogen) atoms. The second kappa shape index (κ2) is 7.42. The smallest absolute Gasteiger partial charge is 0.239 e. The van der Waals surface area contributed by atoms with Crippen LogP contribution in [0, 0.1) is 12.8 Å². The van der Waals surface area contributed by atoms with Crippen molar-refractivity contribution in [2.45, 2.75) is 38.5 Å². The highest BCUT2D eigenvalue weighted by atomic mass is 16.5. The minimum absolute atomic E-state index is 0.0334. The van der Waals surface area contributed by atoms with E-state index in [4.69, 9.17) is 15.2 Å². The van der Waals surface area contributed by atoms with Crippen LogP contribution in [-0.4, -0.2) is 65.6 Å². The van der Waals surface area contributed by atoms with Crippen LogP contribution in [-0.2, 0) is 20.8 Å². The summed E-state index contributed by atoms with van der Waals surface area (Å²) in [5.41, 5.74) is 7.34. The van der Waals surface area contributed by atoms with Gasteiger partial charge in [-0.3, -0.25) is 9.48 Å². The molecule has 0 saturated carbocycles. The molecule has 7 nitrogen and oxygen atoms in total. The van der Waals surface area contributed by atoms with Crippen LogP contribution in [0.25, 0.3) is 0 Å². The number of rotatable bonds is 4. The van der Waals surface area contributed by atoms with Gasteiger partial charge in [-0.05, 0) is 31.2 Å². The number of carbonyl (C=O) groups is 1. The monoisotopic (exact) mass is 322 g/mol. The van der Waals surface area contributed by atoms with Gasteiger partial charge in [0.05, 0.1) is 31.5 Å². The summed E-state index contributed by atoms with van der Waals surface area (Å²) in [5.74, 6) is 0.271. The Hall–Kier alpha value is -1.44. The van der Waals surface area contributed by atoms with Crippen molar-refractivity contribution in [2.75, 3.05) is 32.9 Å². The summed E-state index contributed by atoms with van der Waals surface area (Å²) >= 11 is 0. The normalized spacial score (nSPS) is 24.6. The average Bonchev–Trinajstić information content (AvgIpc) is 2.99. The van der Waals surface area contributed by atoms with Crippen molar-refractivity contribution in [1.29, 1.82) is 0 Å². The van der Waals surface area contributed by atoms with E-state index < -0.39 is 6.04 Å². The summed E-state index contributed by atoms with van der Waals surface area (Å²) in [6, 6.07) is -0.426. The van der Waals surface area contributed by atoms with Gasteiger partial charge >= 0.3 is 0 Å². The molecular weight excluding hydrogens is 296 g/mol. The van der Waals surface area contributed by atoms with Crippen molar-refractivity contribution < 1.29 is 14.3 Å². The average molecular weight is 322 g/mol. The van der Waals surface area contributed by atoms with Gasteiger partial charge in [0, 0.05) is 32.5 Å². The Morgan fingerprint density at radius 3 is 2.91 bits per heavy atom. The molecule has 1 aromatic rings. The molecule has 0 spiro atoms. The molecule has 2 N–H and O–H groups in total. The second-order valence-electron chi connectivity index (χ2n) is 6.49. The Bertz CT molecular complexity index is 527. The first kappa shape index (κ1) is 16.4. The number of hydrogen-bond acceptors (Lipinski definition) is 5. The fourth-order valence-corrected chi connectivity index (χ4v) is 3.29. The molecule has 2 aliphatic heterocycles. The van der Waals surface area contributed by atoms with E-state index in [-0.39, 0.29) is 17.9 Å². The number of nitrogens with two attached hydrogens (primary N) is 1. The number of hydrogen-bond donors (Lipinski definition) is 1. The predicted molar refractivity (Wildman–Crippen MR) is 84.8 cm³/mol. The summed E-state index contributed by atoms with van der Waals surface area (Å²) in [7, 11) is 0. The summed E-state index contributed by atoms with van der Waals surface area (Å²) < 4.78 is 13.0. The molecule has 0 aliphatic carbocycles. The Morgan fingerprint density at radius 2 is 2.22 bits per heavy atom. The first-order valence-electron chi connectivity index (χ1n) is 8.36. The number of aryl methyl sites for hydroxylation is 1. The molecule has 2 atom stereocenters. The summed E-state index contributed by atoms with van der Waals surface area (Å²) in [6.45, 7) is 5.82. The molecule has 128 valence electrons. The van der Waals surface area contributed by atoms with E-state index >= 15 is 0 Å². The lowest BCUT2D eigenvalue weighted by atomic mass is 9.91. The fourth-order valence-electron chi connectivity index (χ4n) is 3.29. The number of carbonyl (C=O) groups excluding carboxylic acids is 1. The highest BCUT2D eigenvalue weighted by Gasteiger charge is 2.32. The van der Waals surface area contributed by atoms with Gasteiger partial charge in [0.15, 0.2) is 0 Å². The van der Waals surface area contributed by atoms with Crippen molar-refractivity contribution in [3.05, 3.63) is 18.0 Å². The maximum absolute atomic E-state index is 12.7. The molecule has 2 aliphatic rings. The quantitative estimate of drug-likeness (QED) is 0.855. The van der Waals surface area contributed by atoms with Gasteiger partial charge < -0.3 is 20.1 Å². The van der Waals surface area contributed by atoms with Gasteiger partial charge in [-0.15, -0.1) is 0 Å². The van der Waals surface area contributed by atoms with E-state index in [0.717, 1.165) is 18.4 Å². The van der Waals surface area contributed by atoms with Gasteiger partial charge in [0.1, 0.15) is 0 Å². The van der Waals surface area contributed by atoms with Crippen molar-refractivity contribution in [3.8, 4) is 0 Å². The molecule has 2 fully saturated rings. The topological polar surface area (TPSA) is 82.6 Å². The number of aromatic nitrogens is 2. The highest BCUT2D eigenvalue weighted by Crippen LogP contribution is 2.20. The third-order valence-corrected chi connectivity index (χ3v) is 4.66. The molecule has 7 heteroatoms. The maximum atomic E-state index is 12.7. The van der Waals surface area contributed by atoms with Gasteiger partial charge in [-0.1, -0.05) is 0 Å². The van der Waals surface area contributed by atoms with Gasteiger partial charge in [-0.2, -0.15) is 5.10 Å². The van der Waals surface area contributed by atoms with E-state index in [9.17, 15) is 4.79 Å².